The lowest BCUT2D eigenvalue weighted by Gasteiger charge is -2.22. The fourth-order valence-corrected chi connectivity index (χ4v) is 3.36. The van der Waals surface area contributed by atoms with Gasteiger partial charge >= 0.3 is 0 Å². The topological polar surface area (TPSA) is 66.5 Å². The summed E-state index contributed by atoms with van der Waals surface area (Å²) in [4.78, 5) is 37.1. The van der Waals surface area contributed by atoms with E-state index in [0.29, 0.717) is 11.4 Å². The number of hydrazine groups is 1. The molecule has 0 aromatic heterocycles. The van der Waals surface area contributed by atoms with E-state index in [9.17, 15) is 14.4 Å². The third kappa shape index (κ3) is 2.75. The predicted octanol–water partition coefficient (Wildman–Crippen LogP) is 2.84. The lowest BCUT2D eigenvalue weighted by atomic mass is 9.78. The standard InChI is InChI=1S/C16H14Cl2N2O3/c1-8-3-2-4-10-13(8)16(23)20(15(10)22)19-14(21)9-5-6-11(17)12(18)7-9/h2-3,5-8,10,13H,4H2,1H3,(H,19,21)/t8-,10-,13+/m0/s1. The Morgan fingerprint density at radius 3 is 2.61 bits per heavy atom. The highest BCUT2D eigenvalue weighted by atomic mass is 35.5. The number of rotatable bonds is 2. The summed E-state index contributed by atoms with van der Waals surface area (Å²) in [5.74, 6) is -2.17. The van der Waals surface area contributed by atoms with Crippen LogP contribution in [-0.4, -0.2) is 22.7 Å². The van der Waals surface area contributed by atoms with Crippen molar-refractivity contribution in [2.24, 2.45) is 17.8 Å². The first-order valence-corrected chi connectivity index (χ1v) is 7.96. The molecule has 1 saturated heterocycles. The van der Waals surface area contributed by atoms with Crippen molar-refractivity contribution in [1.29, 1.82) is 0 Å². The van der Waals surface area contributed by atoms with Crippen LogP contribution in [0.15, 0.2) is 30.4 Å². The molecule has 7 heteroatoms. The van der Waals surface area contributed by atoms with E-state index in [-0.39, 0.29) is 28.3 Å². The number of carbonyl (C=O) groups excluding carboxylic acids is 3. The van der Waals surface area contributed by atoms with E-state index in [4.69, 9.17) is 23.2 Å². The Bertz CT molecular complexity index is 732. The van der Waals surface area contributed by atoms with Crippen molar-refractivity contribution in [3.63, 3.8) is 0 Å². The van der Waals surface area contributed by atoms with E-state index in [2.05, 4.69) is 5.43 Å². The highest BCUT2D eigenvalue weighted by Gasteiger charge is 2.50. The average molecular weight is 353 g/mol. The Morgan fingerprint density at radius 1 is 1.22 bits per heavy atom. The van der Waals surface area contributed by atoms with Gasteiger partial charge in [-0.05, 0) is 30.5 Å². The molecule has 3 amide bonds. The maximum Gasteiger partial charge on any atom is 0.270 e. The predicted molar refractivity (Wildman–Crippen MR) is 85.7 cm³/mol. The SMILES string of the molecule is C[C@H]1C=CC[C@@H]2C(=O)N(NC(=O)c3ccc(Cl)c(Cl)c3)C(=O)[C@@H]21. The molecule has 1 heterocycles. The molecule has 1 aliphatic carbocycles. The van der Waals surface area contributed by atoms with Gasteiger partial charge in [0.2, 0.25) is 0 Å². The fourth-order valence-electron chi connectivity index (χ4n) is 3.06. The zero-order chi connectivity index (χ0) is 16.7. The third-order valence-corrected chi connectivity index (χ3v) is 5.01. The van der Waals surface area contributed by atoms with Gasteiger partial charge in [-0.25, -0.2) is 0 Å². The molecule has 0 bridgehead atoms. The molecule has 3 rings (SSSR count). The molecule has 2 aliphatic rings. The van der Waals surface area contributed by atoms with Gasteiger partial charge < -0.3 is 0 Å². The fraction of sp³-hybridized carbons (Fsp3) is 0.312. The Labute approximate surface area is 143 Å². The van der Waals surface area contributed by atoms with Gasteiger partial charge in [0, 0.05) is 5.56 Å². The molecule has 120 valence electrons. The van der Waals surface area contributed by atoms with E-state index in [1.807, 2.05) is 19.1 Å². The quantitative estimate of drug-likeness (QED) is 0.657. The van der Waals surface area contributed by atoms with Gasteiger partial charge in [-0.15, -0.1) is 0 Å². The summed E-state index contributed by atoms with van der Waals surface area (Å²) in [7, 11) is 0. The van der Waals surface area contributed by atoms with Crippen LogP contribution in [0.1, 0.15) is 23.7 Å². The summed E-state index contributed by atoms with van der Waals surface area (Å²) < 4.78 is 0. The smallest absolute Gasteiger partial charge is 0.270 e. The lowest BCUT2D eigenvalue weighted by molar-refractivity contribution is -0.142. The number of amides is 3. The number of hydrogen-bond donors (Lipinski definition) is 1. The van der Waals surface area contributed by atoms with Gasteiger partial charge in [-0.2, -0.15) is 5.01 Å². The van der Waals surface area contributed by atoms with Crippen molar-refractivity contribution < 1.29 is 14.4 Å². The zero-order valence-electron chi connectivity index (χ0n) is 12.3. The van der Waals surface area contributed by atoms with Crippen LogP contribution in [-0.2, 0) is 9.59 Å². The summed E-state index contributed by atoms with van der Waals surface area (Å²) in [6.45, 7) is 1.89. The van der Waals surface area contributed by atoms with Crippen molar-refractivity contribution in [1.82, 2.24) is 10.4 Å². The van der Waals surface area contributed by atoms with E-state index in [0.717, 1.165) is 5.01 Å². The molecule has 1 aromatic rings. The lowest BCUT2D eigenvalue weighted by Crippen LogP contribution is -2.46. The van der Waals surface area contributed by atoms with E-state index in [1.165, 1.54) is 18.2 Å². The van der Waals surface area contributed by atoms with Crippen LogP contribution in [0.25, 0.3) is 0 Å². The summed E-state index contributed by atoms with van der Waals surface area (Å²) in [5, 5.41) is 1.39. The third-order valence-electron chi connectivity index (χ3n) is 4.27. The number of nitrogens with zero attached hydrogens (tertiary/aromatic N) is 1. The molecule has 0 saturated carbocycles. The molecule has 5 nitrogen and oxygen atoms in total. The molecule has 0 radical (unpaired) electrons. The molecule has 1 aliphatic heterocycles. The Balaban J connectivity index is 1.80. The van der Waals surface area contributed by atoms with Gasteiger partial charge in [-0.1, -0.05) is 42.3 Å². The second-order valence-corrected chi connectivity index (χ2v) is 6.55. The number of benzene rings is 1. The van der Waals surface area contributed by atoms with Crippen LogP contribution in [0.5, 0.6) is 0 Å². The number of nitrogens with one attached hydrogen (secondary N) is 1. The van der Waals surface area contributed by atoms with Crippen molar-refractivity contribution in [3.05, 3.63) is 46.0 Å². The molecule has 1 fully saturated rings. The molecule has 3 atom stereocenters. The van der Waals surface area contributed by atoms with Crippen molar-refractivity contribution in [2.75, 3.05) is 0 Å². The molecule has 0 unspecified atom stereocenters. The first-order chi connectivity index (χ1) is 10.9. The van der Waals surface area contributed by atoms with Gasteiger partial charge in [0.25, 0.3) is 17.7 Å². The summed E-state index contributed by atoms with van der Waals surface area (Å²) >= 11 is 11.7. The monoisotopic (exact) mass is 352 g/mol. The van der Waals surface area contributed by atoms with Gasteiger partial charge in [0.05, 0.1) is 21.9 Å². The number of hydrogen-bond acceptors (Lipinski definition) is 3. The van der Waals surface area contributed by atoms with Crippen LogP contribution in [0.2, 0.25) is 10.0 Å². The minimum atomic E-state index is -0.579. The largest absolute Gasteiger partial charge is 0.272 e. The highest BCUT2D eigenvalue weighted by molar-refractivity contribution is 6.42. The Hall–Kier alpha value is -1.85. The van der Waals surface area contributed by atoms with E-state index < -0.39 is 17.7 Å². The average Bonchev–Trinajstić information content (AvgIpc) is 2.76. The molecular formula is C16H14Cl2N2O3. The van der Waals surface area contributed by atoms with E-state index in [1.54, 1.807) is 0 Å². The van der Waals surface area contributed by atoms with Gasteiger partial charge in [0.15, 0.2) is 0 Å². The molecule has 1 N–H and O–H groups in total. The van der Waals surface area contributed by atoms with Crippen LogP contribution < -0.4 is 5.43 Å². The van der Waals surface area contributed by atoms with Gasteiger partial charge in [-0.3, -0.25) is 19.8 Å². The summed E-state index contributed by atoms with van der Waals surface area (Å²) in [5.41, 5.74) is 2.61. The maximum atomic E-state index is 12.5. The number of halogens is 2. The van der Waals surface area contributed by atoms with Crippen LogP contribution in [0, 0.1) is 17.8 Å². The summed E-state index contributed by atoms with van der Waals surface area (Å²) in [6.07, 6.45) is 4.34. The molecule has 23 heavy (non-hydrogen) atoms. The number of allylic oxidation sites excluding steroid dienone is 2. The van der Waals surface area contributed by atoms with Crippen molar-refractivity contribution in [2.45, 2.75) is 13.3 Å². The van der Waals surface area contributed by atoms with Crippen molar-refractivity contribution in [3.8, 4) is 0 Å². The first-order valence-electron chi connectivity index (χ1n) is 7.20. The zero-order valence-corrected chi connectivity index (χ0v) is 13.8. The number of carbonyl (C=O) groups is 3. The Morgan fingerprint density at radius 2 is 1.96 bits per heavy atom. The minimum Gasteiger partial charge on any atom is -0.272 e. The normalized spacial score (nSPS) is 26.4. The molecular weight excluding hydrogens is 339 g/mol. The van der Waals surface area contributed by atoms with Crippen LogP contribution in [0.4, 0.5) is 0 Å². The number of imide groups is 1. The van der Waals surface area contributed by atoms with Crippen LogP contribution >= 0.6 is 23.2 Å². The highest BCUT2D eigenvalue weighted by Crippen LogP contribution is 2.37. The second-order valence-electron chi connectivity index (χ2n) is 5.74. The molecule has 1 aromatic carbocycles. The van der Waals surface area contributed by atoms with Gasteiger partial charge in [0.1, 0.15) is 0 Å². The van der Waals surface area contributed by atoms with Crippen LogP contribution in [0.3, 0.4) is 0 Å². The van der Waals surface area contributed by atoms with Crippen molar-refractivity contribution >= 4 is 40.9 Å². The summed E-state index contributed by atoms with van der Waals surface area (Å²) in [6, 6.07) is 4.35. The maximum absolute atomic E-state index is 12.5. The first kappa shape index (κ1) is 16.0. The number of fused-ring (bicyclic) bond motifs is 1. The minimum absolute atomic E-state index is 0.0305. The Kier molecular flexibility index (Phi) is 4.17. The second kappa shape index (κ2) is 5.98. The molecule has 0 spiro atoms. The van der Waals surface area contributed by atoms with E-state index >= 15 is 0 Å².